The van der Waals surface area contributed by atoms with Gasteiger partial charge in [-0.25, -0.2) is 0 Å². The Morgan fingerprint density at radius 1 is 1.10 bits per heavy atom. The smallest absolute Gasteiger partial charge is 0.258 e. The van der Waals surface area contributed by atoms with Gasteiger partial charge in [-0.2, -0.15) is 0 Å². The number of benzene rings is 2. The highest BCUT2D eigenvalue weighted by atomic mass is 35.5. The van der Waals surface area contributed by atoms with Gasteiger partial charge in [-0.1, -0.05) is 35.3 Å². The third-order valence-corrected chi connectivity index (χ3v) is 4.90. The molecule has 2 aromatic carbocycles. The maximum Gasteiger partial charge on any atom is 0.258 e. The van der Waals surface area contributed by atoms with Crippen LogP contribution in [0.3, 0.4) is 0 Å². The number of carbonyl (C=O) groups excluding carboxylic acids is 2. The summed E-state index contributed by atoms with van der Waals surface area (Å²) < 4.78 is 5.48. The Morgan fingerprint density at radius 2 is 1.86 bits per heavy atom. The Balaban J connectivity index is 1.38. The fourth-order valence-electron chi connectivity index (χ4n) is 2.59. The molecule has 1 saturated carbocycles. The number of amides is 2. The van der Waals surface area contributed by atoms with Gasteiger partial charge in [0.05, 0.1) is 0 Å². The molecular formula is C22H22Cl2N2O3. The molecule has 2 amide bonds. The summed E-state index contributed by atoms with van der Waals surface area (Å²) in [6, 6.07) is 12.9. The second-order valence-electron chi connectivity index (χ2n) is 6.81. The summed E-state index contributed by atoms with van der Waals surface area (Å²) >= 11 is 12.0. The van der Waals surface area contributed by atoms with Crippen molar-refractivity contribution in [3.8, 4) is 5.75 Å². The van der Waals surface area contributed by atoms with Gasteiger partial charge >= 0.3 is 0 Å². The number of halogens is 2. The van der Waals surface area contributed by atoms with E-state index < -0.39 is 0 Å². The molecule has 1 aliphatic rings. The van der Waals surface area contributed by atoms with Crippen molar-refractivity contribution in [2.45, 2.75) is 25.3 Å². The molecule has 152 valence electrons. The van der Waals surface area contributed by atoms with Gasteiger partial charge in [-0.3, -0.25) is 9.59 Å². The molecule has 0 unspecified atom stereocenters. The van der Waals surface area contributed by atoms with Crippen LogP contribution in [0.25, 0.3) is 6.08 Å². The highest BCUT2D eigenvalue weighted by molar-refractivity contribution is 6.34. The van der Waals surface area contributed by atoms with E-state index in [0.717, 1.165) is 18.4 Å². The number of ether oxygens (including phenoxy) is 1. The lowest BCUT2D eigenvalue weighted by atomic mass is 10.1. The zero-order valence-electron chi connectivity index (χ0n) is 15.8. The summed E-state index contributed by atoms with van der Waals surface area (Å²) in [7, 11) is 0. The Labute approximate surface area is 180 Å². The zero-order valence-corrected chi connectivity index (χ0v) is 17.3. The Kier molecular flexibility index (Phi) is 7.55. The molecule has 0 aromatic heterocycles. The molecule has 7 heteroatoms. The Bertz CT molecular complexity index is 893. The van der Waals surface area contributed by atoms with Crippen LogP contribution in [0.2, 0.25) is 10.0 Å². The monoisotopic (exact) mass is 432 g/mol. The van der Waals surface area contributed by atoms with Gasteiger partial charge in [0, 0.05) is 28.7 Å². The fraction of sp³-hybridized carbons (Fsp3) is 0.273. The van der Waals surface area contributed by atoms with E-state index in [4.69, 9.17) is 27.9 Å². The maximum atomic E-state index is 12.0. The molecule has 29 heavy (non-hydrogen) atoms. The largest absolute Gasteiger partial charge is 0.484 e. The van der Waals surface area contributed by atoms with Crippen LogP contribution < -0.4 is 15.4 Å². The van der Waals surface area contributed by atoms with Crippen molar-refractivity contribution in [2.75, 3.05) is 13.2 Å². The van der Waals surface area contributed by atoms with Crippen LogP contribution in [0.1, 0.15) is 24.0 Å². The third kappa shape index (κ3) is 7.44. The predicted octanol–water partition coefficient (Wildman–Crippen LogP) is 4.02. The molecule has 5 nitrogen and oxygen atoms in total. The number of hydrogen-bond donors (Lipinski definition) is 2. The first-order valence-electron chi connectivity index (χ1n) is 9.41. The first kappa shape index (κ1) is 21.2. The van der Waals surface area contributed by atoms with Crippen molar-refractivity contribution in [2.24, 2.45) is 0 Å². The molecule has 0 atom stereocenters. The first-order valence-corrected chi connectivity index (χ1v) is 10.2. The minimum Gasteiger partial charge on any atom is -0.484 e. The van der Waals surface area contributed by atoms with E-state index in [1.807, 2.05) is 24.3 Å². The average Bonchev–Trinajstić information content (AvgIpc) is 3.52. The third-order valence-electron chi connectivity index (χ3n) is 4.32. The first-order chi connectivity index (χ1) is 14.0. The van der Waals surface area contributed by atoms with Gasteiger partial charge in [0.2, 0.25) is 5.91 Å². The van der Waals surface area contributed by atoms with Crippen LogP contribution in [0.4, 0.5) is 0 Å². The van der Waals surface area contributed by atoms with E-state index in [-0.39, 0.29) is 18.4 Å². The standard InChI is InChI=1S/C22H22Cl2N2O3/c23-17-4-9-20(24)16(13-17)3-10-21(27)25-12-11-15-1-7-19(8-2-15)29-14-22(28)26-18-5-6-18/h1-4,7-10,13,18H,5-6,11-12,14H2,(H,25,27)(H,26,28)/b10-3+. The normalized spacial score (nSPS) is 13.3. The molecule has 1 fully saturated rings. The predicted molar refractivity (Wildman–Crippen MR) is 115 cm³/mol. The summed E-state index contributed by atoms with van der Waals surface area (Å²) in [5.74, 6) is 0.346. The number of hydrogen-bond acceptors (Lipinski definition) is 3. The van der Waals surface area contributed by atoms with E-state index in [9.17, 15) is 9.59 Å². The topological polar surface area (TPSA) is 67.4 Å². The van der Waals surface area contributed by atoms with Crippen molar-refractivity contribution in [1.82, 2.24) is 10.6 Å². The van der Waals surface area contributed by atoms with E-state index in [1.54, 1.807) is 24.3 Å². The van der Waals surface area contributed by atoms with Gasteiger partial charge in [0.25, 0.3) is 5.91 Å². The summed E-state index contributed by atoms with van der Waals surface area (Å²) in [6.45, 7) is 0.519. The minimum absolute atomic E-state index is 0.0227. The lowest BCUT2D eigenvalue weighted by molar-refractivity contribution is -0.123. The van der Waals surface area contributed by atoms with Crippen molar-refractivity contribution in [3.63, 3.8) is 0 Å². The molecule has 0 radical (unpaired) electrons. The van der Waals surface area contributed by atoms with E-state index >= 15 is 0 Å². The maximum absolute atomic E-state index is 12.0. The van der Waals surface area contributed by atoms with Crippen molar-refractivity contribution >= 4 is 41.1 Å². The summed E-state index contributed by atoms with van der Waals surface area (Å²) in [6.07, 6.45) is 5.86. The van der Waals surface area contributed by atoms with Crippen molar-refractivity contribution in [3.05, 3.63) is 69.7 Å². The van der Waals surface area contributed by atoms with Crippen LogP contribution >= 0.6 is 23.2 Å². The number of carbonyl (C=O) groups is 2. The molecular weight excluding hydrogens is 411 g/mol. The van der Waals surface area contributed by atoms with Gasteiger partial charge in [0.15, 0.2) is 6.61 Å². The van der Waals surface area contributed by atoms with Crippen LogP contribution in [0, 0.1) is 0 Å². The molecule has 0 aliphatic heterocycles. The molecule has 2 aromatic rings. The lowest BCUT2D eigenvalue weighted by Gasteiger charge is -2.08. The van der Waals surface area contributed by atoms with Crippen LogP contribution in [-0.2, 0) is 16.0 Å². The molecule has 0 bridgehead atoms. The second kappa shape index (κ2) is 10.3. The van der Waals surface area contributed by atoms with Gasteiger partial charge in [-0.15, -0.1) is 0 Å². The number of rotatable bonds is 9. The summed E-state index contributed by atoms with van der Waals surface area (Å²) in [5.41, 5.74) is 1.75. The van der Waals surface area contributed by atoms with Crippen molar-refractivity contribution < 1.29 is 14.3 Å². The van der Waals surface area contributed by atoms with Gasteiger partial charge in [0.1, 0.15) is 5.75 Å². The Morgan fingerprint density at radius 3 is 2.59 bits per heavy atom. The summed E-state index contributed by atoms with van der Waals surface area (Å²) in [5, 5.41) is 6.80. The van der Waals surface area contributed by atoms with Crippen molar-refractivity contribution in [1.29, 1.82) is 0 Å². The van der Waals surface area contributed by atoms with E-state index in [0.29, 0.717) is 40.4 Å². The van der Waals surface area contributed by atoms with E-state index in [2.05, 4.69) is 10.6 Å². The van der Waals surface area contributed by atoms with Crippen LogP contribution in [-0.4, -0.2) is 31.0 Å². The average molecular weight is 433 g/mol. The number of nitrogens with one attached hydrogen (secondary N) is 2. The highest BCUT2D eigenvalue weighted by Crippen LogP contribution is 2.21. The van der Waals surface area contributed by atoms with Gasteiger partial charge in [-0.05, 0) is 66.8 Å². The molecule has 0 spiro atoms. The zero-order chi connectivity index (χ0) is 20.6. The quantitative estimate of drug-likeness (QED) is 0.587. The fourth-order valence-corrected chi connectivity index (χ4v) is 2.96. The van der Waals surface area contributed by atoms with Gasteiger partial charge < -0.3 is 15.4 Å². The second-order valence-corrected chi connectivity index (χ2v) is 7.66. The molecule has 2 N–H and O–H groups in total. The van der Waals surface area contributed by atoms with Crippen LogP contribution in [0.5, 0.6) is 5.75 Å². The Hall–Kier alpha value is -2.50. The molecule has 0 heterocycles. The molecule has 1 aliphatic carbocycles. The summed E-state index contributed by atoms with van der Waals surface area (Å²) in [4.78, 5) is 23.6. The minimum atomic E-state index is -0.206. The van der Waals surface area contributed by atoms with E-state index in [1.165, 1.54) is 6.08 Å². The van der Waals surface area contributed by atoms with Crippen LogP contribution in [0.15, 0.2) is 48.5 Å². The molecule has 3 rings (SSSR count). The molecule has 0 saturated heterocycles. The SMILES string of the molecule is O=C(/C=C/c1cc(Cl)ccc1Cl)NCCc1ccc(OCC(=O)NC2CC2)cc1. The lowest BCUT2D eigenvalue weighted by Crippen LogP contribution is -2.30. The highest BCUT2D eigenvalue weighted by Gasteiger charge is 2.23.